The second-order valence-electron chi connectivity index (χ2n) is 3.19. The van der Waals surface area contributed by atoms with Crippen LogP contribution in [-0.4, -0.2) is 28.5 Å². The molecule has 0 saturated carbocycles. The molecule has 2 N–H and O–H groups in total. The Balaban J connectivity index is 4.14. The number of hydrogen-bond acceptors (Lipinski definition) is 4. The summed E-state index contributed by atoms with van der Waals surface area (Å²) in [6.07, 6.45) is 2.21. The molecule has 0 aliphatic heterocycles. The van der Waals surface area contributed by atoms with Crippen LogP contribution in [0.1, 0.15) is 26.2 Å². The SMILES string of the molecule is C=CC(=O)OCC(CCCC)OP(=O)(O)O. The standard InChI is InChI=1S/C9H17O6P/c1-3-5-6-8(15-16(11,12)13)7-14-9(10)4-2/h4,8H,2-3,5-7H2,1H3,(H2,11,12,13). The van der Waals surface area contributed by atoms with Crippen LogP contribution in [0.3, 0.4) is 0 Å². The number of carbonyl (C=O) groups excluding carboxylic acids is 1. The highest BCUT2D eigenvalue weighted by molar-refractivity contribution is 7.46. The summed E-state index contributed by atoms with van der Waals surface area (Å²) in [4.78, 5) is 28.0. The van der Waals surface area contributed by atoms with Crippen molar-refractivity contribution in [3.05, 3.63) is 12.7 Å². The summed E-state index contributed by atoms with van der Waals surface area (Å²) in [6.45, 7) is 4.96. The summed E-state index contributed by atoms with van der Waals surface area (Å²) in [5.74, 6) is -0.643. The molecule has 16 heavy (non-hydrogen) atoms. The van der Waals surface area contributed by atoms with E-state index in [-0.39, 0.29) is 6.61 Å². The number of rotatable bonds is 8. The summed E-state index contributed by atoms with van der Waals surface area (Å²) >= 11 is 0. The first kappa shape index (κ1) is 15.3. The van der Waals surface area contributed by atoms with Crippen LogP contribution < -0.4 is 0 Å². The Morgan fingerprint density at radius 1 is 1.56 bits per heavy atom. The van der Waals surface area contributed by atoms with E-state index in [1.54, 1.807) is 0 Å². The quantitative estimate of drug-likeness (QED) is 0.385. The van der Waals surface area contributed by atoms with Crippen molar-refractivity contribution in [2.45, 2.75) is 32.3 Å². The molecule has 0 fully saturated rings. The Hall–Kier alpha value is -0.680. The van der Waals surface area contributed by atoms with Crippen molar-refractivity contribution in [1.82, 2.24) is 0 Å². The third-order valence-electron chi connectivity index (χ3n) is 1.74. The number of esters is 1. The fourth-order valence-corrected chi connectivity index (χ4v) is 1.58. The van der Waals surface area contributed by atoms with Gasteiger partial charge in [-0.2, -0.15) is 0 Å². The molecule has 7 heteroatoms. The third-order valence-corrected chi connectivity index (χ3v) is 2.32. The third kappa shape index (κ3) is 8.61. The van der Waals surface area contributed by atoms with Crippen molar-refractivity contribution >= 4 is 13.8 Å². The second kappa shape index (κ2) is 7.57. The van der Waals surface area contributed by atoms with Gasteiger partial charge in [0.25, 0.3) is 0 Å². The Kier molecular flexibility index (Phi) is 7.25. The molecule has 0 aromatic rings. The van der Waals surface area contributed by atoms with Crippen molar-refractivity contribution in [1.29, 1.82) is 0 Å². The Morgan fingerprint density at radius 3 is 2.62 bits per heavy atom. The minimum atomic E-state index is -4.55. The number of phosphoric acid groups is 1. The average molecular weight is 252 g/mol. The largest absolute Gasteiger partial charge is 0.469 e. The fraction of sp³-hybridized carbons (Fsp3) is 0.667. The molecule has 0 aliphatic carbocycles. The van der Waals surface area contributed by atoms with Gasteiger partial charge in [-0.1, -0.05) is 26.3 Å². The fourth-order valence-electron chi connectivity index (χ4n) is 1.03. The summed E-state index contributed by atoms with van der Waals surface area (Å²) in [5, 5.41) is 0. The first-order chi connectivity index (χ1) is 7.39. The maximum Gasteiger partial charge on any atom is 0.469 e. The van der Waals surface area contributed by atoms with Gasteiger partial charge in [0, 0.05) is 6.08 Å². The van der Waals surface area contributed by atoms with E-state index in [4.69, 9.17) is 9.79 Å². The summed E-state index contributed by atoms with van der Waals surface area (Å²) < 4.78 is 19.8. The molecule has 0 aromatic heterocycles. The van der Waals surface area contributed by atoms with E-state index < -0.39 is 19.9 Å². The van der Waals surface area contributed by atoms with Gasteiger partial charge in [0.15, 0.2) is 0 Å². The predicted molar refractivity (Wildman–Crippen MR) is 57.6 cm³/mol. The topological polar surface area (TPSA) is 93.1 Å². The molecule has 1 unspecified atom stereocenters. The van der Waals surface area contributed by atoms with Crippen LogP contribution in [-0.2, 0) is 18.6 Å². The van der Waals surface area contributed by atoms with Gasteiger partial charge in [0.05, 0.1) is 0 Å². The molecule has 1 atom stereocenters. The van der Waals surface area contributed by atoms with Crippen LogP contribution in [0.25, 0.3) is 0 Å². The van der Waals surface area contributed by atoms with Crippen LogP contribution in [0.5, 0.6) is 0 Å². The summed E-state index contributed by atoms with van der Waals surface area (Å²) in [7, 11) is -4.55. The molecule has 0 aromatic carbocycles. The van der Waals surface area contributed by atoms with Crippen LogP contribution >= 0.6 is 7.82 Å². The number of phosphoric ester groups is 1. The lowest BCUT2D eigenvalue weighted by Crippen LogP contribution is -2.20. The monoisotopic (exact) mass is 252 g/mol. The van der Waals surface area contributed by atoms with Crippen molar-refractivity contribution in [3.8, 4) is 0 Å². The highest BCUT2D eigenvalue weighted by Crippen LogP contribution is 2.38. The van der Waals surface area contributed by atoms with Gasteiger partial charge in [-0.3, -0.25) is 4.52 Å². The van der Waals surface area contributed by atoms with Gasteiger partial charge in [-0.25, -0.2) is 9.36 Å². The Bertz CT molecular complexity index is 271. The van der Waals surface area contributed by atoms with Crippen molar-refractivity contribution < 1.29 is 28.4 Å². The molecule has 94 valence electrons. The number of carbonyl (C=O) groups is 1. The minimum Gasteiger partial charge on any atom is -0.460 e. The molecular formula is C9H17O6P. The lowest BCUT2D eigenvalue weighted by Gasteiger charge is -2.17. The maximum absolute atomic E-state index is 10.8. The maximum atomic E-state index is 10.8. The van der Waals surface area contributed by atoms with E-state index >= 15 is 0 Å². The first-order valence-corrected chi connectivity index (χ1v) is 6.45. The molecule has 0 saturated heterocycles. The molecule has 0 amide bonds. The van der Waals surface area contributed by atoms with Gasteiger partial charge in [0.1, 0.15) is 12.7 Å². The van der Waals surface area contributed by atoms with E-state index in [0.29, 0.717) is 6.42 Å². The normalized spacial score (nSPS) is 13.2. The van der Waals surface area contributed by atoms with Gasteiger partial charge >= 0.3 is 13.8 Å². The van der Waals surface area contributed by atoms with E-state index in [1.165, 1.54) is 0 Å². The molecule has 0 radical (unpaired) electrons. The number of ether oxygens (including phenoxy) is 1. The van der Waals surface area contributed by atoms with Crippen LogP contribution in [0, 0.1) is 0 Å². The molecule has 0 bridgehead atoms. The van der Waals surface area contributed by atoms with E-state index in [2.05, 4.69) is 15.8 Å². The summed E-state index contributed by atoms with van der Waals surface area (Å²) in [5.41, 5.74) is 0. The lowest BCUT2D eigenvalue weighted by molar-refractivity contribution is -0.140. The predicted octanol–water partition coefficient (Wildman–Crippen LogP) is 1.38. The zero-order valence-electron chi connectivity index (χ0n) is 9.16. The molecular weight excluding hydrogens is 235 g/mol. The van der Waals surface area contributed by atoms with Crippen molar-refractivity contribution in [2.24, 2.45) is 0 Å². The van der Waals surface area contributed by atoms with Crippen LogP contribution in [0.4, 0.5) is 0 Å². The molecule has 6 nitrogen and oxygen atoms in total. The van der Waals surface area contributed by atoms with Gasteiger partial charge in [-0.05, 0) is 6.42 Å². The van der Waals surface area contributed by atoms with Crippen LogP contribution in [0.2, 0.25) is 0 Å². The minimum absolute atomic E-state index is 0.185. The number of unbranched alkanes of at least 4 members (excludes halogenated alkanes) is 1. The Morgan fingerprint density at radius 2 is 2.19 bits per heavy atom. The molecule has 0 spiro atoms. The average Bonchev–Trinajstić information content (AvgIpc) is 2.19. The van der Waals surface area contributed by atoms with Gasteiger partial charge < -0.3 is 14.5 Å². The zero-order chi connectivity index (χ0) is 12.6. The lowest BCUT2D eigenvalue weighted by atomic mass is 10.2. The van der Waals surface area contributed by atoms with Crippen molar-refractivity contribution in [3.63, 3.8) is 0 Å². The molecule has 0 aliphatic rings. The number of hydrogen-bond donors (Lipinski definition) is 2. The molecule has 0 heterocycles. The summed E-state index contributed by atoms with van der Waals surface area (Å²) in [6, 6.07) is 0. The van der Waals surface area contributed by atoms with Gasteiger partial charge in [0.2, 0.25) is 0 Å². The van der Waals surface area contributed by atoms with Gasteiger partial charge in [-0.15, -0.1) is 0 Å². The highest BCUT2D eigenvalue weighted by atomic mass is 31.2. The van der Waals surface area contributed by atoms with E-state index in [9.17, 15) is 9.36 Å². The molecule has 0 rings (SSSR count). The van der Waals surface area contributed by atoms with E-state index in [1.807, 2.05) is 6.92 Å². The zero-order valence-corrected chi connectivity index (χ0v) is 10.1. The second-order valence-corrected chi connectivity index (χ2v) is 4.39. The first-order valence-electron chi connectivity index (χ1n) is 4.92. The Labute approximate surface area is 94.5 Å². The smallest absolute Gasteiger partial charge is 0.460 e. The van der Waals surface area contributed by atoms with E-state index in [0.717, 1.165) is 18.9 Å². The van der Waals surface area contributed by atoms with Crippen molar-refractivity contribution in [2.75, 3.05) is 6.61 Å². The highest BCUT2D eigenvalue weighted by Gasteiger charge is 2.22. The van der Waals surface area contributed by atoms with Crippen LogP contribution in [0.15, 0.2) is 12.7 Å².